The fourth-order valence-corrected chi connectivity index (χ4v) is 3.27. The van der Waals surface area contributed by atoms with Gasteiger partial charge in [0.15, 0.2) is 0 Å². The van der Waals surface area contributed by atoms with Crippen LogP contribution in [0.5, 0.6) is 0 Å². The molecule has 0 saturated carbocycles. The molecule has 4 heteroatoms. The quantitative estimate of drug-likeness (QED) is 0.717. The van der Waals surface area contributed by atoms with Gasteiger partial charge in [0.25, 0.3) is 0 Å². The SMILES string of the molecule is CCC(CC)N(CCO)C(=O)CC(C)C1CCCNC1. The van der Waals surface area contributed by atoms with E-state index in [0.717, 1.165) is 25.9 Å². The van der Waals surface area contributed by atoms with Crippen molar-refractivity contribution in [2.75, 3.05) is 26.2 Å². The third kappa shape index (κ3) is 5.06. The van der Waals surface area contributed by atoms with Crippen molar-refractivity contribution in [3.63, 3.8) is 0 Å². The normalized spacial score (nSPS) is 20.9. The summed E-state index contributed by atoms with van der Waals surface area (Å²) in [6, 6.07) is 0.270. The Balaban J connectivity index is 2.55. The Bertz CT molecular complexity index is 274. The second-order valence-corrected chi connectivity index (χ2v) is 6.07. The standard InChI is InChI=1S/C16H32N2O2/c1-4-15(5-2)18(9-10-19)16(20)11-13(3)14-7-6-8-17-12-14/h13-15,17,19H,4-12H2,1-3H3. The number of aliphatic hydroxyl groups excluding tert-OH is 1. The van der Waals surface area contributed by atoms with Gasteiger partial charge < -0.3 is 15.3 Å². The molecule has 1 heterocycles. The van der Waals surface area contributed by atoms with Gasteiger partial charge in [-0.2, -0.15) is 0 Å². The second-order valence-electron chi connectivity index (χ2n) is 6.07. The number of amides is 1. The minimum atomic E-state index is 0.0571. The summed E-state index contributed by atoms with van der Waals surface area (Å²) < 4.78 is 0. The molecule has 118 valence electrons. The van der Waals surface area contributed by atoms with Gasteiger partial charge in [0.05, 0.1) is 6.61 Å². The monoisotopic (exact) mass is 284 g/mol. The minimum Gasteiger partial charge on any atom is -0.395 e. The van der Waals surface area contributed by atoms with E-state index in [9.17, 15) is 9.90 Å². The van der Waals surface area contributed by atoms with Crippen molar-refractivity contribution in [3.05, 3.63) is 0 Å². The van der Waals surface area contributed by atoms with Gasteiger partial charge in [0.1, 0.15) is 0 Å². The lowest BCUT2D eigenvalue weighted by Crippen LogP contribution is -2.43. The largest absolute Gasteiger partial charge is 0.395 e. The second kappa shape index (κ2) is 9.35. The van der Waals surface area contributed by atoms with E-state index in [1.165, 1.54) is 12.8 Å². The summed E-state index contributed by atoms with van der Waals surface area (Å²) in [5.74, 6) is 1.25. The van der Waals surface area contributed by atoms with E-state index in [2.05, 4.69) is 26.1 Å². The lowest BCUT2D eigenvalue weighted by atomic mass is 9.85. The molecule has 1 rings (SSSR count). The van der Waals surface area contributed by atoms with Crippen LogP contribution in [0.15, 0.2) is 0 Å². The van der Waals surface area contributed by atoms with Gasteiger partial charge in [-0.3, -0.25) is 4.79 Å². The highest BCUT2D eigenvalue weighted by Gasteiger charge is 2.26. The third-order valence-corrected chi connectivity index (χ3v) is 4.68. The molecule has 0 aliphatic carbocycles. The van der Waals surface area contributed by atoms with Gasteiger partial charge >= 0.3 is 0 Å². The Kier molecular flexibility index (Phi) is 8.15. The first-order chi connectivity index (χ1) is 9.63. The van der Waals surface area contributed by atoms with Gasteiger partial charge in [0, 0.05) is 19.0 Å². The Hall–Kier alpha value is -0.610. The first kappa shape index (κ1) is 17.4. The zero-order valence-electron chi connectivity index (χ0n) is 13.4. The summed E-state index contributed by atoms with van der Waals surface area (Å²) in [6.07, 6.45) is 4.98. The highest BCUT2D eigenvalue weighted by molar-refractivity contribution is 5.76. The van der Waals surface area contributed by atoms with Crippen LogP contribution in [0.25, 0.3) is 0 Å². The minimum absolute atomic E-state index is 0.0571. The van der Waals surface area contributed by atoms with Crippen LogP contribution in [0.4, 0.5) is 0 Å². The molecular formula is C16H32N2O2. The summed E-state index contributed by atoms with van der Waals surface area (Å²) in [7, 11) is 0. The highest BCUT2D eigenvalue weighted by atomic mass is 16.3. The van der Waals surface area contributed by atoms with Gasteiger partial charge in [-0.05, 0) is 50.6 Å². The Morgan fingerprint density at radius 2 is 2.10 bits per heavy atom. The maximum atomic E-state index is 12.5. The number of piperidine rings is 1. The van der Waals surface area contributed by atoms with Gasteiger partial charge in [-0.15, -0.1) is 0 Å². The van der Waals surface area contributed by atoms with E-state index in [-0.39, 0.29) is 18.6 Å². The molecule has 1 aliphatic heterocycles. The van der Waals surface area contributed by atoms with Crippen molar-refractivity contribution < 1.29 is 9.90 Å². The van der Waals surface area contributed by atoms with Gasteiger partial charge in [-0.1, -0.05) is 20.8 Å². The summed E-state index contributed by atoms with van der Waals surface area (Å²) in [4.78, 5) is 14.4. The molecule has 1 fully saturated rings. The molecule has 2 atom stereocenters. The van der Waals surface area contributed by atoms with Crippen molar-refractivity contribution in [3.8, 4) is 0 Å². The maximum absolute atomic E-state index is 12.5. The molecule has 0 radical (unpaired) electrons. The maximum Gasteiger partial charge on any atom is 0.223 e. The average molecular weight is 284 g/mol. The van der Waals surface area contributed by atoms with Crippen LogP contribution in [-0.4, -0.2) is 48.2 Å². The average Bonchev–Trinajstić information content (AvgIpc) is 2.48. The first-order valence-electron chi connectivity index (χ1n) is 8.25. The molecular weight excluding hydrogens is 252 g/mol. The fraction of sp³-hybridized carbons (Fsp3) is 0.938. The molecule has 4 nitrogen and oxygen atoms in total. The van der Waals surface area contributed by atoms with Crippen molar-refractivity contribution in [2.45, 2.75) is 58.9 Å². The molecule has 2 N–H and O–H groups in total. The van der Waals surface area contributed by atoms with Crippen LogP contribution in [0.2, 0.25) is 0 Å². The number of nitrogens with zero attached hydrogens (tertiary/aromatic N) is 1. The van der Waals surface area contributed by atoms with E-state index in [4.69, 9.17) is 0 Å². The summed E-state index contributed by atoms with van der Waals surface area (Å²) in [6.45, 7) is 9.10. The van der Waals surface area contributed by atoms with Crippen LogP contribution >= 0.6 is 0 Å². The topological polar surface area (TPSA) is 52.6 Å². The number of hydrogen-bond donors (Lipinski definition) is 2. The number of aliphatic hydroxyl groups is 1. The van der Waals surface area contributed by atoms with Crippen LogP contribution in [0.3, 0.4) is 0 Å². The van der Waals surface area contributed by atoms with Crippen LogP contribution in [0.1, 0.15) is 52.9 Å². The number of carbonyl (C=O) groups excluding carboxylic acids is 1. The molecule has 0 aromatic rings. The smallest absolute Gasteiger partial charge is 0.223 e. The number of hydrogen-bond acceptors (Lipinski definition) is 3. The van der Waals surface area contributed by atoms with Crippen molar-refractivity contribution in [2.24, 2.45) is 11.8 Å². The molecule has 2 unspecified atom stereocenters. The predicted molar refractivity (Wildman–Crippen MR) is 82.5 cm³/mol. The highest BCUT2D eigenvalue weighted by Crippen LogP contribution is 2.24. The first-order valence-corrected chi connectivity index (χ1v) is 8.25. The van der Waals surface area contributed by atoms with E-state index in [0.29, 0.717) is 24.8 Å². The van der Waals surface area contributed by atoms with Gasteiger partial charge in [0.2, 0.25) is 5.91 Å². The van der Waals surface area contributed by atoms with Crippen molar-refractivity contribution in [1.29, 1.82) is 0 Å². The summed E-state index contributed by atoms with van der Waals surface area (Å²) in [5.41, 5.74) is 0. The molecule has 1 amide bonds. The number of rotatable bonds is 8. The molecule has 1 aliphatic rings. The molecule has 0 spiro atoms. The molecule has 0 aromatic heterocycles. The number of nitrogens with one attached hydrogen (secondary N) is 1. The van der Waals surface area contributed by atoms with Crippen molar-refractivity contribution in [1.82, 2.24) is 10.2 Å². The molecule has 0 bridgehead atoms. The third-order valence-electron chi connectivity index (χ3n) is 4.68. The Labute approximate surface area is 123 Å². The van der Waals surface area contributed by atoms with E-state index in [1.54, 1.807) is 0 Å². The zero-order chi connectivity index (χ0) is 15.0. The fourth-order valence-electron chi connectivity index (χ4n) is 3.27. The molecule has 1 saturated heterocycles. The lowest BCUT2D eigenvalue weighted by molar-refractivity contribution is -0.135. The van der Waals surface area contributed by atoms with Crippen LogP contribution in [0, 0.1) is 11.8 Å². The van der Waals surface area contributed by atoms with E-state index in [1.807, 2.05) is 4.90 Å². The van der Waals surface area contributed by atoms with Crippen LogP contribution < -0.4 is 5.32 Å². The zero-order valence-corrected chi connectivity index (χ0v) is 13.4. The van der Waals surface area contributed by atoms with Crippen LogP contribution in [-0.2, 0) is 4.79 Å². The Morgan fingerprint density at radius 3 is 2.60 bits per heavy atom. The molecule has 20 heavy (non-hydrogen) atoms. The van der Waals surface area contributed by atoms with Gasteiger partial charge in [-0.25, -0.2) is 0 Å². The summed E-state index contributed by atoms with van der Waals surface area (Å²) >= 11 is 0. The van der Waals surface area contributed by atoms with E-state index >= 15 is 0 Å². The lowest BCUT2D eigenvalue weighted by Gasteiger charge is -2.33. The Morgan fingerprint density at radius 1 is 1.40 bits per heavy atom. The summed E-state index contributed by atoms with van der Waals surface area (Å²) in [5, 5.41) is 12.6. The molecule has 0 aromatic carbocycles. The predicted octanol–water partition coefficient (Wildman–Crippen LogP) is 2.02. The number of carbonyl (C=O) groups is 1. The van der Waals surface area contributed by atoms with E-state index < -0.39 is 0 Å². The van der Waals surface area contributed by atoms with Crippen molar-refractivity contribution >= 4 is 5.91 Å².